The second kappa shape index (κ2) is 6.13. The Morgan fingerprint density at radius 3 is 2.59 bits per heavy atom. The van der Waals surface area contributed by atoms with Crippen LogP contribution < -0.4 is 4.90 Å². The monoisotopic (exact) mass is 306 g/mol. The summed E-state index contributed by atoms with van der Waals surface area (Å²) < 4.78 is 0. The second-order valence-corrected chi connectivity index (χ2v) is 5.69. The van der Waals surface area contributed by atoms with E-state index in [2.05, 4.69) is 0 Å². The molecule has 1 saturated carbocycles. The fourth-order valence-electron chi connectivity index (χ4n) is 2.21. The van der Waals surface area contributed by atoms with Gasteiger partial charge in [0.25, 0.3) is 5.69 Å². The van der Waals surface area contributed by atoms with E-state index >= 15 is 0 Å². The molecule has 118 valence electrons. The van der Waals surface area contributed by atoms with Gasteiger partial charge >= 0.3 is 5.97 Å². The highest BCUT2D eigenvalue weighted by Crippen LogP contribution is 2.35. The van der Waals surface area contributed by atoms with E-state index in [4.69, 9.17) is 5.11 Å². The number of hydrogen-bond donors (Lipinski definition) is 1. The van der Waals surface area contributed by atoms with Crippen molar-refractivity contribution >= 4 is 23.3 Å². The summed E-state index contributed by atoms with van der Waals surface area (Å²) in [7, 11) is 0. The molecule has 1 N–H and O–H groups in total. The predicted octanol–water partition coefficient (Wildman–Crippen LogP) is 2.37. The van der Waals surface area contributed by atoms with Crippen molar-refractivity contribution in [3.05, 3.63) is 33.9 Å². The van der Waals surface area contributed by atoms with E-state index < -0.39 is 16.8 Å². The zero-order valence-corrected chi connectivity index (χ0v) is 12.5. The van der Waals surface area contributed by atoms with Crippen LogP contribution in [0, 0.1) is 28.9 Å². The van der Waals surface area contributed by atoms with Crippen molar-refractivity contribution in [1.29, 1.82) is 0 Å². The number of benzene rings is 1. The number of amides is 1. The number of nitro groups is 1. The zero-order valence-electron chi connectivity index (χ0n) is 12.5. The van der Waals surface area contributed by atoms with Crippen LogP contribution in [0.15, 0.2) is 18.2 Å². The topological polar surface area (TPSA) is 101 Å². The van der Waals surface area contributed by atoms with Crippen LogP contribution in [-0.2, 0) is 9.59 Å². The van der Waals surface area contributed by atoms with E-state index in [1.807, 2.05) is 0 Å². The van der Waals surface area contributed by atoms with Gasteiger partial charge < -0.3 is 10.0 Å². The van der Waals surface area contributed by atoms with Crippen LogP contribution in [0.2, 0.25) is 0 Å². The quantitative estimate of drug-likeness (QED) is 0.642. The molecule has 1 aliphatic carbocycles. The molecule has 1 atom stereocenters. The Hall–Kier alpha value is -2.44. The van der Waals surface area contributed by atoms with Crippen molar-refractivity contribution in [2.24, 2.45) is 11.8 Å². The van der Waals surface area contributed by atoms with E-state index in [1.54, 1.807) is 13.0 Å². The molecule has 1 aromatic carbocycles. The Labute approximate surface area is 127 Å². The highest BCUT2D eigenvalue weighted by Gasteiger charge is 2.36. The number of carboxylic acid groups (broad SMARTS) is 1. The van der Waals surface area contributed by atoms with Crippen molar-refractivity contribution in [3.8, 4) is 0 Å². The highest BCUT2D eigenvalue weighted by atomic mass is 16.6. The molecule has 0 bridgehead atoms. The third-order valence-electron chi connectivity index (χ3n) is 3.76. The van der Waals surface area contributed by atoms with E-state index in [1.165, 1.54) is 24.0 Å². The van der Waals surface area contributed by atoms with Gasteiger partial charge in [0, 0.05) is 24.6 Å². The number of aliphatic carboxylic acids is 1. The summed E-state index contributed by atoms with van der Waals surface area (Å²) in [6.07, 6.45) is 1.57. The van der Waals surface area contributed by atoms with Gasteiger partial charge in [-0.05, 0) is 25.3 Å². The lowest BCUT2D eigenvalue weighted by Crippen LogP contribution is -2.38. The lowest BCUT2D eigenvalue weighted by Gasteiger charge is -2.26. The molecule has 0 spiro atoms. The summed E-state index contributed by atoms with van der Waals surface area (Å²) in [6, 6.07) is 4.29. The van der Waals surface area contributed by atoms with Crippen molar-refractivity contribution in [2.75, 3.05) is 11.4 Å². The minimum absolute atomic E-state index is 0.00662. The minimum Gasteiger partial charge on any atom is -0.481 e. The first-order chi connectivity index (χ1) is 10.3. The largest absolute Gasteiger partial charge is 0.481 e. The molecule has 1 aromatic rings. The summed E-state index contributed by atoms with van der Waals surface area (Å²) in [5, 5.41) is 20.0. The lowest BCUT2D eigenvalue weighted by molar-refractivity contribution is -0.384. The van der Waals surface area contributed by atoms with Crippen LogP contribution in [0.1, 0.15) is 25.3 Å². The molecule has 2 rings (SSSR count). The number of non-ortho nitro benzene ring substituents is 1. The number of hydrogen-bond acceptors (Lipinski definition) is 4. The van der Waals surface area contributed by atoms with Gasteiger partial charge in [-0.1, -0.05) is 13.0 Å². The van der Waals surface area contributed by atoms with E-state index in [0.29, 0.717) is 11.3 Å². The molecule has 0 aromatic heterocycles. The molecule has 22 heavy (non-hydrogen) atoms. The number of carbonyl (C=O) groups excluding carboxylic acids is 1. The fraction of sp³-hybridized carbons (Fsp3) is 0.467. The van der Waals surface area contributed by atoms with Crippen LogP contribution in [0.5, 0.6) is 0 Å². The summed E-state index contributed by atoms with van der Waals surface area (Å²) in [4.78, 5) is 35.4. The van der Waals surface area contributed by atoms with Gasteiger partial charge in [0.15, 0.2) is 0 Å². The Bertz CT molecular complexity index is 624. The third-order valence-corrected chi connectivity index (χ3v) is 3.76. The first-order valence-electron chi connectivity index (χ1n) is 7.10. The molecular formula is C15H18N2O5. The number of nitrogens with zero attached hydrogens (tertiary/aromatic N) is 2. The van der Waals surface area contributed by atoms with Crippen LogP contribution >= 0.6 is 0 Å². The maximum absolute atomic E-state index is 12.5. The average Bonchev–Trinajstić information content (AvgIpc) is 3.28. The number of carboxylic acids is 1. The molecule has 1 fully saturated rings. The third kappa shape index (κ3) is 3.41. The molecule has 0 heterocycles. The van der Waals surface area contributed by atoms with Crippen LogP contribution in [0.3, 0.4) is 0 Å². The van der Waals surface area contributed by atoms with Gasteiger partial charge in [-0.3, -0.25) is 19.7 Å². The van der Waals surface area contributed by atoms with Gasteiger partial charge in [0.05, 0.1) is 16.5 Å². The maximum atomic E-state index is 12.5. The van der Waals surface area contributed by atoms with E-state index in [0.717, 1.165) is 12.8 Å². The Morgan fingerprint density at radius 2 is 2.09 bits per heavy atom. The summed E-state index contributed by atoms with van der Waals surface area (Å²) in [6.45, 7) is 3.27. The SMILES string of the molecule is Cc1ccc([N+](=O)[O-])cc1N(CC(C)C(=O)O)C(=O)C1CC1. The molecule has 1 amide bonds. The van der Waals surface area contributed by atoms with Gasteiger partial charge in [-0.25, -0.2) is 0 Å². The van der Waals surface area contributed by atoms with Gasteiger partial charge in [-0.15, -0.1) is 0 Å². The Morgan fingerprint density at radius 1 is 1.45 bits per heavy atom. The predicted molar refractivity (Wildman–Crippen MR) is 79.7 cm³/mol. The minimum atomic E-state index is -1.00. The molecule has 1 aliphatic rings. The Kier molecular flexibility index (Phi) is 4.44. The number of carbonyl (C=O) groups is 2. The van der Waals surface area contributed by atoms with Gasteiger partial charge in [0.2, 0.25) is 5.91 Å². The number of anilines is 1. The maximum Gasteiger partial charge on any atom is 0.308 e. The number of nitro benzene ring substituents is 1. The fourth-order valence-corrected chi connectivity index (χ4v) is 2.21. The molecule has 0 saturated heterocycles. The van der Waals surface area contributed by atoms with Crippen LogP contribution in [0.4, 0.5) is 11.4 Å². The standard InChI is InChI=1S/C15H18N2O5/c1-9-3-6-12(17(21)22)7-13(9)16(8-10(2)15(19)20)14(18)11-4-5-11/h3,6-7,10-11H,4-5,8H2,1-2H3,(H,19,20). The smallest absolute Gasteiger partial charge is 0.308 e. The highest BCUT2D eigenvalue weighted by molar-refractivity contribution is 5.97. The molecule has 7 heteroatoms. The van der Waals surface area contributed by atoms with Crippen molar-refractivity contribution in [3.63, 3.8) is 0 Å². The summed E-state index contributed by atoms with van der Waals surface area (Å²) in [5.74, 6) is -2.01. The van der Waals surface area contributed by atoms with Crippen LogP contribution in [0.25, 0.3) is 0 Å². The second-order valence-electron chi connectivity index (χ2n) is 5.69. The van der Waals surface area contributed by atoms with Crippen molar-refractivity contribution in [2.45, 2.75) is 26.7 Å². The lowest BCUT2D eigenvalue weighted by atomic mass is 10.1. The summed E-state index contributed by atoms with van der Waals surface area (Å²) in [5.41, 5.74) is 1.01. The Balaban J connectivity index is 2.39. The zero-order chi connectivity index (χ0) is 16.4. The molecule has 0 radical (unpaired) electrons. The summed E-state index contributed by atoms with van der Waals surface area (Å²) >= 11 is 0. The van der Waals surface area contributed by atoms with E-state index in [-0.39, 0.29) is 24.1 Å². The number of rotatable bonds is 6. The van der Waals surface area contributed by atoms with Gasteiger partial charge in [0.1, 0.15) is 0 Å². The molecule has 1 unspecified atom stereocenters. The molecule has 7 nitrogen and oxygen atoms in total. The number of aryl methyl sites for hydroxylation is 1. The normalized spacial score (nSPS) is 15.2. The first-order valence-corrected chi connectivity index (χ1v) is 7.10. The average molecular weight is 306 g/mol. The van der Waals surface area contributed by atoms with Crippen LogP contribution in [-0.4, -0.2) is 28.5 Å². The van der Waals surface area contributed by atoms with E-state index in [9.17, 15) is 19.7 Å². The van der Waals surface area contributed by atoms with Crippen molar-refractivity contribution in [1.82, 2.24) is 0 Å². The molecular weight excluding hydrogens is 288 g/mol. The van der Waals surface area contributed by atoms with Gasteiger partial charge in [-0.2, -0.15) is 0 Å². The molecule has 0 aliphatic heterocycles. The first kappa shape index (κ1) is 15.9. The van der Waals surface area contributed by atoms with Crippen molar-refractivity contribution < 1.29 is 19.6 Å².